The van der Waals surface area contributed by atoms with Crippen LogP contribution in [-0.4, -0.2) is 35.9 Å². The molecule has 2 aromatic carbocycles. The van der Waals surface area contributed by atoms with Crippen LogP contribution in [0.25, 0.3) is 5.76 Å². The Balaban J connectivity index is 1.94. The van der Waals surface area contributed by atoms with Gasteiger partial charge in [-0.15, -0.1) is 11.3 Å². The van der Waals surface area contributed by atoms with E-state index in [0.717, 1.165) is 4.88 Å². The fraction of sp³-hybridized carbons (Fsp3) is 0.167. The molecule has 0 saturated carbocycles. The molecule has 6 nitrogen and oxygen atoms in total. The van der Waals surface area contributed by atoms with Crippen molar-refractivity contribution < 1.29 is 28.6 Å². The largest absolute Gasteiger partial charge is 0.507 e. The van der Waals surface area contributed by atoms with Crippen LogP contribution in [0.4, 0.5) is 4.39 Å². The minimum absolute atomic E-state index is 0.0929. The SMILES string of the molecule is COc1cccc(C2/C(=C(\O)c3ccc(F)cc3)C(=O)C(=O)N2Cc2cccs2)c1OC. The summed E-state index contributed by atoms with van der Waals surface area (Å²) in [6.07, 6.45) is 0. The van der Waals surface area contributed by atoms with Gasteiger partial charge in [0.1, 0.15) is 11.6 Å². The average molecular weight is 453 g/mol. The number of thiophene rings is 1. The van der Waals surface area contributed by atoms with Gasteiger partial charge in [0.25, 0.3) is 11.7 Å². The number of nitrogens with zero attached hydrogens (tertiary/aromatic N) is 1. The third-order valence-electron chi connectivity index (χ3n) is 5.29. The van der Waals surface area contributed by atoms with Crippen molar-refractivity contribution in [3.63, 3.8) is 0 Å². The average Bonchev–Trinajstić information content (AvgIpc) is 3.41. The lowest BCUT2D eigenvalue weighted by molar-refractivity contribution is -0.140. The minimum atomic E-state index is -0.924. The number of ether oxygens (including phenoxy) is 2. The highest BCUT2D eigenvalue weighted by molar-refractivity contribution is 7.09. The fourth-order valence-electron chi connectivity index (χ4n) is 3.83. The minimum Gasteiger partial charge on any atom is -0.507 e. The normalized spacial score (nSPS) is 17.6. The maximum Gasteiger partial charge on any atom is 0.295 e. The van der Waals surface area contributed by atoms with Gasteiger partial charge in [-0.1, -0.05) is 18.2 Å². The topological polar surface area (TPSA) is 76.1 Å². The van der Waals surface area contributed by atoms with E-state index in [1.54, 1.807) is 18.2 Å². The molecule has 2 heterocycles. The molecule has 4 rings (SSSR count). The molecule has 1 unspecified atom stereocenters. The maximum absolute atomic E-state index is 13.4. The van der Waals surface area contributed by atoms with Crippen molar-refractivity contribution in [2.45, 2.75) is 12.6 Å². The molecule has 0 bridgehead atoms. The van der Waals surface area contributed by atoms with Crippen LogP contribution in [0.3, 0.4) is 0 Å². The van der Waals surface area contributed by atoms with Gasteiger partial charge in [0.2, 0.25) is 0 Å². The molecule has 1 aromatic heterocycles. The maximum atomic E-state index is 13.4. The molecule has 1 fully saturated rings. The number of carbonyl (C=O) groups excluding carboxylic acids is 2. The first-order chi connectivity index (χ1) is 15.5. The van der Waals surface area contributed by atoms with Crippen LogP contribution >= 0.6 is 11.3 Å². The molecule has 1 aliphatic rings. The van der Waals surface area contributed by atoms with E-state index in [9.17, 15) is 19.1 Å². The Morgan fingerprint density at radius 3 is 2.44 bits per heavy atom. The lowest BCUT2D eigenvalue weighted by Crippen LogP contribution is -2.29. The summed E-state index contributed by atoms with van der Waals surface area (Å²) in [5.74, 6) is -1.65. The number of Topliss-reactive ketones (excluding diaryl/α,β-unsaturated/α-hetero) is 1. The van der Waals surface area contributed by atoms with E-state index in [2.05, 4.69) is 0 Å². The zero-order valence-corrected chi connectivity index (χ0v) is 18.2. The Bertz CT molecular complexity index is 1190. The molecule has 0 radical (unpaired) electrons. The molecule has 164 valence electrons. The number of aliphatic hydroxyl groups excluding tert-OH is 1. The summed E-state index contributed by atoms with van der Waals surface area (Å²) in [7, 11) is 2.95. The number of benzene rings is 2. The zero-order chi connectivity index (χ0) is 22.8. The number of hydrogen-bond acceptors (Lipinski definition) is 6. The Kier molecular flexibility index (Phi) is 5.96. The Labute approximate surface area is 188 Å². The van der Waals surface area contributed by atoms with Crippen LogP contribution in [0, 0.1) is 5.82 Å². The van der Waals surface area contributed by atoms with E-state index in [0.29, 0.717) is 17.1 Å². The Morgan fingerprint density at radius 2 is 1.81 bits per heavy atom. The molecular weight excluding hydrogens is 433 g/mol. The lowest BCUT2D eigenvalue weighted by Gasteiger charge is -2.26. The van der Waals surface area contributed by atoms with Crippen molar-refractivity contribution in [2.24, 2.45) is 0 Å². The highest BCUT2D eigenvalue weighted by Gasteiger charge is 2.47. The molecule has 0 spiro atoms. The molecule has 1 atom stereocenters. The molecule has 32 heavy (non-hydrogen) atoms. The van der Waals surface area contributed by atoms with Crippen molar-refractivity contribution in [3.05, 3.63) is 87.4 Å². The monoisotopic (exact) mass is 453 g/mol. The van der Waals surface area contributed by atoms with Crippen molar-refractivity contribution in [1.82, 2.24) is 4.90 Å². The number of rotatable bonds is 6. The number of methoxy groups -OCH3 is 2. The summed E-state index contributed by atoms with van der Waals surface area (Å²) in [5.41, 5.74) is 0.628. The molecule has 0 aliphatic carbocycles. The number of likely N-dealkylation sites (tertiary alicyclic amines) is 1. The van der Waals surface area contributed by atoms with E-state index in [4.69, 9.17) is 9.47 Å². The quantitative estimate of drug-likeness (QED) is 0.337. The molecule has 8 heteroatoms. The van der Waals surface area contributed by atoms with Gasteiger partial charge >= 0.3 is 0 Å². The third kappa shape index (κ3) is 3.73. The predicted octanol–water partition coefficient (Wildman–Crippen LogP) is 4.53. The molecular formula is C24H20FNO5S. The highest BCUT2D eigenvalue weighted by Crippen LogP contribution is 2.46. The van der Waals surface area contributed by atoms with E-state index >= 15 is 0 Å². The van der Waals surface area contributed by atoms with Crippen LogP contribution in [0.15, 0.2) is 65.6 Å². The van der Waals surface area contributed by atoms with Crippen LogP contribution < -0.4 is 9.47 Å². The van der Waals surface area contributed by atoms with Gasteiger partial charge in [0, 0.05) is 16.0 Å². The van der Waals surface area contributed by atoms with Crippen LogP contribution in [0.5, 0.6) is 11.5 Å². The summed E-state index contributed by atoms with van der Waals surface area (Å²) in [6, 6.07) is 13.0. The number of amides is 1. The number of hydrogen-bond donors (Lipinski definition) is 1. The van der Waals surface area contributed by atoms with Gasteiger partial charge in [-0.3, -0.25) is 9.59 Å². The van der Waals surface area contributed by atoms with E-state index in [1.807, 2.05) is 17.5 Å². The standard InChI is InChI=1S/C24H20FNO5S/c1-30-18-7-3-6-17(23(18)31-2)20-19(21(27)14-8-10-15(25)11-9-14)22(28)24(29)26(20)13-16-5-4-12-32-16/h3-12,20,27H,13H2,1-2H3/b21-19+. The number of halogens is 1. The van der Waals surface area contributed by atoms with Crippen molar-refractivity contribution in [3.8, 4) is 11.5 Å². The fourth-order valence-corrected chi connectivity index (χ4v) is 4.53. The van der Waals surface area contributed by atoms with Crippen molar-refractivity contribution in [1.29, 1.82) is 0 Å². The molecule has 1 amide bonds. The predicted molar refractivity (Wildman–Crippen MR) is 118 cm³/mol. The van der Waals surface area contributed by atoms with Gasteiger partial charge < -0.3 is 19.5 Å². The van der Waals surface area contributed by atoms with Crippen LogP contribution in [0.1, 0.15) is 22.0 Å². The highest BCUT2D eigenvalue weighted by atomic mass is 32.1. The van der Waals surface area contributed by atoms with Gasteiger partial charge in [-0.2, -0.15) is 0 Å². The number of ketones is 1. The molecule has 1 N–H and O–H groups in total. The second-order valence-corrected chi connectivity index (χ2v) is 8.13. The Morgan fingerprint density at radius 1 is 1.06 bits per heavy atom. The zero-order valence-electron chi connectivity index (χ0n) is 17.4. The summed E-state index contributed by atoms with van der Waals surface area (Å²) in [6.45, 7) is 0.174. The first-order valence-corrected chi connectivity index (χ1v) is 10.6. The first kappa shape index (κ1) is 21.6. The van der Waals surface area contributed by atoms with Crippen LogP contribution in [-0.2, 0) is 16.1 Å². The summed E-state index contributed by atoms with van der Waals surface area (Å²) < 4.78 is 24.4. The second-order valence-electron chi connectivity index (χ2n) is 7.10. The number of carbonyl (C=O) groups is 2. The van der Waals surface area contributed by atoms with Crippen molar-refractivity contribution in [2.75, 3.05) is 14.2 Å². The summed E-state index contributed by atoms with van der Waals surface area (Å²) >= 11 is 1.45. The van der Waals surface area contributed by atoms with Crippen molar-refractivity contribution >= 4 is 28.8 Å². The molecule has 3 aromatic rings. The lowest BCUT2D eigenvalue weighted by atomic mass is 9.94. The molecule has 1 aliphatic heterocycles. The smallest absolute Gasteiger partial charge is 0.295 e. The Hall–Kier alpha value is -3.65. The van der Waals surface area contributed by atoms with Crippen LogP contribution in [0.2, 0.25) is 0 Å². The number of para-hydroxylation sites is 1. The van der Waals surface area contributed by atoms with E-state index < -0.39 is 23.5 Å². The first-order valence-electron chi connectivity index (χ1n) is 9.74. The number of aliphatic hydroxyl groups is 1. The summed E-state index contributed by atoms with van der Waals surface area (Å²) in [4.78, 5) is 28.5. The van der Waals surface area contributed by atoms with Gasteiger partial charge in [-0.25, -0.2) is 4.39 Å². The van der Waals surface area contributed by atoms with Gasteiger partial charge in [-0.05, 0) is 41.8 Å². The van der Waals surface area contributed by atoms with E-state index in [-0.39, 0.29) is 23.4 Å². The van der Waals surface area contributed by atoms with E-state index in [1.165, 1.54) is 54.7 Å². The molecule has 1 saturated heterocycles. The summed E-state index contributed by atoms with van der Waals surface area (Å²) in [5, 5.41) is 12.9. The van der Waals surface area contributed by atoms with Gasteiger partial charge in [0.15, 0.2) is 11.5 Å². The third-order valence-corrected chi connectivity index (χ3v) is 6.15. The second kappa shape index (κ2) is 8.84. The van der Waals surface area contributed by atoms with Gasteiger partial charge in [0.05, 0.1) is 32.4 Å².